The van der Waals surface area contributed by atoms with Gasteiger partial charge in [-0.25, -0.2) is 26.2 Å². The van der Waals surface area contributed by atoms with Crippen molar-refractivity contribution in [3.05, 3.63) is 29.3 Å². The zero-order valence-electron chi connectivity index (χ0n) is 21.4. The fourth-order valence-electron chi connectivity index (χ4n) is 4.42. The Bertz CT molecular complexity index is 986. The van der Waals surface area contributed by atoms with Crippen LogP contribution in [0, 0.1) is 26.3 Å². The van der Waals surface area contributed by atoms with E-state index >= 15 is 0 Å². The van der Waals surface area contributed by atoms with Gasteiger partial charge in [-0.05, 0) is 41.5 Å². The van der Waals surface area contributed by atoms with Gasteiger partial charge in [0.05, 0.1) is 24.7 Å². The molecule has 2 aromatic heterocycles. The summed E-state index contributed by atoms with van der Waals surface area (Å²) in [5, 5.41) is 0. The molecule has 10 nitrogen and oxygen atoms in total. The number of hydrogen-bond acceptors (Lipinski definition) is 8. The third kappa shape index (κ3) is 5.73. The van der Waals surface area contributed by atoms with Gasteiger partial charge >= 0.3 is 0 Å². The summed E-state index contributed by atoms with van der Waals surface area (Å²) in [6, 6.07) is 0.479. The highest BCUT2D eigenvalue weighted by molar-refractivity contribution is 7.44. The predicted molar refractivity (Wildman–Crippen MR) is 131 cm³/mol. The van der Waals surface area contributed by atoms with E-state index in [1.54, 1.807) is 13.4 Å². The molecule has 1 saturated heterocycles. The molecule has 3 rings (SSSR count). The summed E-state index contributed by atoms with van der Waals surface area (Å²) in [5.74, 6) is 0.763. The fourth-order valence-corrected chi connectivity index (χ4v) is 6.03. The van der Waals surface area contributed by atoms with Crippen molar-refractivity contribution in [3.63, 3.8) is 0 Å². The van der Waals surface area contributed by atoms with Crippen molar-refractivity contribution in [2.24, 2.45) is 5.92 Å². The van der Waals surface area contributed by atoms with Gasteiger partial charge in [0, 0.05) is 25.1 Å². The van der Waals surface area contributed by atoms with Crippen molar-refractivity contribution >= 4 is 19.7 Å². The minimum Gasteiger partial charge on any atom is -0.376 e. The molecule has 3 heterocycles. The Labute approximate surface area is 203 Å². The Morgan fingerprint density at radius 3 is 2.53 bits per heavy atom. The summed E-state index contributed by atoms with van der Waals surface area (Å²) in [6.07, 6.45) is 0.972. The van der Waals surface area contributed by atoms with E-state index in [4.69, 9.17) is 25.1 Å². The number of imidazole rings is 1. The van der Waals surface area contributed by atoms with Crippen LogP contribution < -0.4 is 0 Å². The Balaban J connectivity index is 1.79. The van der Waals surface area contributed by atoms with Gasteiger partial charge in [0.1, 0.15) is 24.1 Å². The van der Waals surface area contributed by atoms with Gasteiger partial charge in [0.25, 0.3) is 8.53 Å². The zero-order valence-corrected chi connectivity index (χ0v) is 22.3. The molecule has 0 aliphatic carbocycles. The maximum Gasteiger partial charge on any atom is 0.259 e. The lowest BCUT2D eigenvalue weighted by Crippen LogP contribution is -2.35. The maximum absolute atomic E-state index is 7.05. The van der Waals surface area contributed by atoms with Crippen LogP contribution in [0.2, 0.25) is 0 Å². The molecule has 1 aliphatic heterocycles. The number of rotatable bonds is 11. The molecule has 1 fully saturated rings. The predicted octanol–water partition coefficient (Wildman–Crippen LogP) is 4.29. The summed E-state index contributed by atoms with van der Waals surface area (Å²) < 4.78 is 28.9. The molecule has 0 saturated carbocycles. The highest BCUT2D eigenvalue weighted by Crippen LogP contribution is 2.47. The van der Waals surface area contributed by atoms with Gasteiger partial charge in [-0.1, -0.05) is 6.92 Å². The number of hydrogen-bond donors (Lipinski definition) is 0. The number of nitrogens with zero attached hydrogens (tertiary/aromatic N) is 6. The molecular formula is C23H37N6O4P. The Hall–Kier alpha value is -1.73. The summed E-state index contributed by atoms with van der Waals surface area (Å²) in [5.41, 5.74) is 2.34. The van der Waals surface area contributed by atoms with E-state index < -0.39 is 8.53 Å². The Morgan fingerprint density at radius 2 is 1.91 bits per heavy atom. The second kappa shape index (κ2) is 11.8. The lowest BCUT2D eigenvalue weighted by Gasteiger charge is -2.36. The highest BCUT2D eigenvalue weighted by Gasteiger charge is 2.44. The largest absolute Gasteiger partial charge is 0.376 e. The first-order valence-corrected chi connectivity index (χ1v) is 12.9. The molecule has 2 aromatic rings. The number of aromatic nitrogens is 4. The molecule has 34 heavy (non-hydrogen) atoms. The number of fused-ring (bicyclic) bond motifs is 1. The molecule has 0 N–H and O–H groups in total. The second-order valence-electron chi connectivity index (χ2n) is 9.12. The Kier molecular flexibility index (Phi) is 9.33. The molecule has 0 radical (unpaired) electrons. The van der Waals surface area contributed by atoms with Crippen molar-refractivity contribution in [3.8, 4) is 0 Å². The lowest BCUT2D eigenvalue weighted by molar-refractivity contribution is -0.0569. The molecule has 1 unspecified atom stereocenters. The van der Waals surface area contributed by atoms with Crippen LogP contribution in [0.15, 0.2) is 6.33 Å². The first-order chi connectivity index (χ1) is 16.2. The van der Waals surface area contributed by atoms with Crippen molar-refractivity contribution in [2.45, 2.75) is 79.0 Å². The third-order valence-electron chi connectivity index (χ3n) is 5.95. The van der Waals surface area contributed by atoms with Gasteiger partial charge in [-0.2, -0.15) is 0 Å². The molecule has 1 aliphatic rings. The van der Waals surface area contributed by atoms with Crippen LogP contribution in [0.5, 0.6) is 0 Å². The van der Waals surface area contributed by atoms with Crippen LogP contribution in [-0.4, -0.2) is 75.3 Å². The minimum absolute atomic E-state index is 0.0723. The van der Waals surface area contributed by atoms with Crippen LogP contribution in [0.25, 0.3) is 16.0 Å². The van der Waals surface area contributed by atoms with Crippen LogP contribution in [0.3, 0.4) is 0 Å². The summed E-state index contributed by atoms with van der Waals surface area (Å²) >= 11 is 0. The summed E-state index contributed by atoms with van der Waals surface area (Å²) in [6.45, 7) is 22.5. The van der Waals surface area contributed by atoms with Gasteiger partial charge in [0.2, 0.25) is 6.54 Å². The third-order valence-corrected chi connectivity index (χ3v) is 8.03. The van der Waals surface area contributed by atoms with Gasteiger partial charge in [-0.3, -0.25) is 4.57 Å². The van der Waals surface area contributed by atoms with E-state index in [0.29, 0.717) is 25.6 Å². The van der Waals surface area contributed by atoms with Crippen molar-refractivity contribution < 1.29 is 18.5 Å². The number of methoxy groups -OCH3 is 1. The quantitative estimate of drug-likeness (QED) is 0.261. The first kappa shape index (κ1) is 26.9. The molecule has 188 valence electrons. The first-order valence-electron chi connectivity index (χ1n) is 11.7. The monoisotopic (exact) mass is 492 g/mol. The standard InChI is InChI=1S/C23H37N6O4P/c1-14(2)29(15(3)4)34(31-11-10-24-8)32-12-19-16(5)21(30-9)23(33-19)28-13-25-20-17(6)26-18(7)27-22(20)28/h13-16,19,21,23H,10-12H2,1-7,9H3/t16-,19-,21-,23-,34?/m1/s1. The fraction of sp³-hybridized carbons (Fsp3) is 0.739. The SMILES string of the molecule is [C-]#[N+]CCOP(OC[C@H]1O[C@@H](n2cnc3c(C)nc(C)nc32)[C@H](OC)[C@@H]1C)N(C(C)C)C(C)C. The molecule has 0 aromatic carbocycles. The molecule has 5 atom stereocenters. The van der Waals surface area contributed by atoms with Gasteiger partial charge < -0.3 is 23.4 Å². The van der Waals surface area contributed by atoms with Crippen LogP contribution >= 0.6 is 8.53 Å². The number of ether oxygens (including phenoxy) is 2. The smallest absolute Gasteiger partial charge is 0.259 e. The van der Waals surface area contributed by atoms with E-state index in [1.165, 1.54) is 0 Å². The molecule has 0 bridgehead atoms. The van der Waals surface area contributed by atoms with E-state index in [2.05, 4.69) is 59.1 Å². The normalized spacial score (nSPS) is 23.9. The topological polar surface area (TPSA) is 88.1 Å². The van der Waals surface area contributed by atoms with Crippen LogP contribution in [-0.2, 0) is 18.5 Å². The van der Waals surface area contributed by atoms with Gasteiger partial charge in [0.15, 0.2) is 11.9 Å². The molecule has 0 amide bonds. The zero-order chi connectivity index (χ0) is 25.0. The van der Waals surface area contributed by atoms with Crippen molar-refractivity contribution in [1.29, 1.82) is 0 Å². The summed E-state index contributed by atoms with van der Waals surface area (Å²) in [4.78, 5) is 17.0. The highest BCUT2D eigenvalue weighted by atomic mass is 31.2. The maximum atomic E-state index is 7.05. The molecule has 11 heteroatoms. The van der Waals surface area contributed by atoms with E-state index in [1.807, 2.05) is 18.4 Å². The van der Waals surface area contributed by atoms with Crippen LogP contribution in [0.4, 0.5) is 0 Å². The molecular weight excluding hydrogens is 455 g/mol. The average Bonchev–Trinajstić information content (AvgIpc) is 3.31. The average molecular weight is 493 g/mol. The van der Waals surface area contributed by atoms with E-state index in [0.717, 1.165) is 16.9 Å². The number of aryl methyl sites for hydroxylation is 2. The second-order valence-corrected chi connectivity index (χ2v) is 10.6. The Morgan fingerprint density at radius 1 is 1.21 bits per heavy atom. The summed E-state index contributed by atoms with van der Waals surface area (Å²) in [7, 11) is 0.364. The minimum atomic E-state index is -1.34. The van der Waals surface area contributed by atoms with Crippen molar-refractivity contribution in [1.82, 2.24) is 24.2 Å². The lowest BCUT2D eigenvalue weighted by atomic mass is 10.0. The molecule has 0 spiro atoms. The van der Waals surface area contributed by atoms with Crippen molar-refractivity contribution in [2.75, 3.05) is 26.9 Å². The van der Waals surface area contributed by atoms with E-state index in [-0.39, 0.29) is 36.4 Å². The van der Waals surface area contributed by atoms with Crippen LogP contribution in [0.1, 0.15) is 52.4 Å². The van der Waals surface area contributed by atoms with Gasteiger partial charge in [-0.15, -0.1) is 0 Å². The van der Waals surface area contributed by atoms with E-state index in [9.17, 15) is 0 Å².